The van der Waals surface area contributed by atoms with E-state index >= 15 is 0 Å². The maximum absolute atomic E-state index is 11.7. The summed E-state index contributed by atoms with van der Waals surface area (Å²) in [4.78, 5) is 14.9. The fourth-order valence-electron chi connectivity index (χ4n) is 3.83. The first-order chi connectivity index (χ1) is 12.5. The van der Waals surface area contributed by atoms with Gasteiger partial charge >= 0.3 is 0 Å². The zero-order chi connectivity index (χ0) is 18.5. The molecule has 0 atom stereocenters. The molecule has 0 radical (unpaired) electrons. The van der Waals surface area contributed by atoms with E-state index in [9.17, 15) is 4.79 Å². The van der Waals surface area contributed by atoms with Gasteiger partial charge < -0.3 is 14.5 Å². The van der Waals surface area contributed by atoms with Gasteiger partial charge in [0.25, 0.3) is 0 Å². The van der Waals surface area contributed by atoms with Crippen LogP contribution in [0, 0.1) is 6.92 Å². The number of benzene rings is 2. The molecule has 0 bridgehead atoms. The van der Waals surface area contributed by atoms with Crippen LogP contribution in [0.4, 0.5) is 0 Å². The minimum absolute atomic E-state index is 0.108. The van der Waals surface area contributed by atoms with Crippen LogP contribution in [0.2, 0.25) is 0 Å². The summed E-state index contributed by atoms with van der Waals surface area (Å²) in [5, 5.41) is 0. The topological polar surface area (TPSA) is 35.2 Å². The molecule has 4 heteroatoms. The maximum Gasteiger partial charge on any atom is 0.159 e. The number of piperazine rings is 1. The van der Waals surface area contributed by atoms with Gasteiger partial charge in [-0.1, -0.05) is 29.8 Å². The summed E-state index contributed by atoms with van der Waals surface area (Å²) in [7, 11) is 1.70. The molecule has 0 spiro atoms. The highest BCUT2D eigenvalue weighted by molar-refractivity contribution is 5.94. The monoisotopic (exact) mass is 354 g/mol. The number of carbonyl (C=O) groups is 1. The van der Waals surface area contributed by atoms with Crippen molar-refractivity contribution in [2.45, 2.75) is 26.9 Å². The largest absolute Gasteiger partial charge is 0.496 e. The van der Waals surface area contributed by atoms with Crippen LogP contribution in [0.25, 0.3) is 0 Å². The summed E-state index contributed by atoms with van der Waals surface area (Å²) in [5.74, 6) is 0.994. The van der Waals surface area contributed by atoms with E-state index in [0.29, 0.717) is 0 Å². The molecule has 1 saturated heterocycles. The molecule has 2 N–H and O–H groups in total. The van der Waals surface area contributed by atoms with Crippen LogP contribution in [-0.2, 0) is 13.1 Å². The summed E-state index contributed by atoms with van der Waals surface area (Å²) in [6.45, 7) is 10.5. The molecular formula is C22H30N2O2+2. The van der Waals surface area contributed by atoms with E-state index in [2.05, 4.69) is 31.2 Å². The number of rotatable bonds is 6. The summed E-state index contributed by atoms with van der Waals surface area (Å²) in [6, 6.07) is 14.6. The van der Waals surface area contributed by atoms with Crippen LogP contribution < -0.4 is 14.5 Å². The highest BCUT2D eigenvalue weighted by Gasteiger charge is 2.24. The quantitative estimate of drug-likeness (QED) is 0.749. The molecule has 0 amide bonds. The molecule has 2 aromatic rings. The zero-order valence-electron chi connectivity index (χ0n) is 16.1. The van der Waals surface area contributed by atoms with Gasteiger partial charge in [-0.3, -0.25) is 4.79 Å². The van der Waals surface area contributed by atoms with Crippen molar-refractivity contribution in [3.8, 4) is 5.75 Å². The van der Waals surface area contributed by atoms with E-state index in [1.54, 1.807) is 23.8 Å². The molecule has 26 heavy (non-hydrogen) atoms. The Morgan fingerprint density at radius 3 is 2.31 bits per heavy atom. The highest BCUT2D eigenvalue weighted by Crippen LogP contribution is 2.19. The van der Waals surface area contributed by atoms with Crippen LogP contribution in [0.5, 0.6) is 5.75 Å². The van der Waals surface area contributed by atoms with Crippen molar-refractivity contribution < 1.29 is 19.3 Å². The molecule has 0 aromatic heterocycles. The highest BCUT2D eigenvalue weighted by atomic mass is 16.5. The van der Waals surface area contributed by atoms with Crippen LogP contribution in [0.15, 0.2) is 42.5 Å². The molecule has 2 aromatic carbocycles. The number of quaternary nitrogens is 2. The molecule has 1 aliphatic heterocycles. The standard InChI is InChI=1S/C22H28N2O2/c1-17-5-4-6-19(13-17)15-23-9-11-24(12-10-23)16-21-14-20(18(2)25)7-8-22(21)26-3/h4-8,13-14H,9-12,15-16H2,1-3H3/p+2. The molecule has 1 heterocycles. The smallest absolute Gasteiger partial charge is 0.159 e. The third kappa shape index (κ3) is 4.71. The number of hydrogen-bond donors (Lipinski definition) is 2. The summed E-state index contributed by atoms with van der Waals surface area (Å²) in [5.41, 5.74) is 4.67. The van der Waals surface area contributed by atoms with Crippen molar-refractivity contribution in [3.05, 3.63) is 64.7 Å². The number of ketones is 1. The molecular weight excluding hydrogens is 324 g/mol. The Morgan fingerprint density at radius 1 is 1.00 bits per heavy atom. The van der Waals surface area contributed by atoms with Gasteiger partial charge in [0, 0.05) is 16.7 Å². The van der Waals surface area contributed by atoms with E-state index < -0.39 is 0 Å². The average molecular weight is 354 g/mol. The van der Waals surface area contributed by atoms with Crippen molar-refractivity contribution in [1.82, 2.24) is 0 Å². The Bertz CT molecular complexity index is 764. The molecule has 1 aliphatic rings. The van der Waals surface area contributed by atoms with Gasteiger partial charge in [0.1, 0.15) is 45.0 Å². The molecule has 3 rings (SSSR count). The van der Waals surface area contributed by atoms with Crippen molar-refractivity contribution in [2.75, 3.05) is 33.3 Å². The molecule has 1 fully saturated rings. The van der Waals surface area contributed by atoms with Crippen molar-refractivity contribution in [1.29, 1.82) is 0 Å². The molecule has 0 saturated carbocycles. The number of ether oxygens (including phenoxy) is 1. The van der Waals surface area contributed by atoms with Crippen LogP contribution in [0.1, 0.15) is 34.0 Å². The lowest BCUT2D eigenvalue weighted by Gasteiger charge is -2.30. The Balaban J connectivity index is 1.58. The predicted octanol–water partition coefficient (Wildman–Crippen LogP) is 0.690. The third-order valence-electron chi connectivity index (χ3n) is 5.33. The van der Waals surface area contributed by atoms with Gasteiger partial charge in [0.2, 0.25) is 0 Å². The second-order valence-electron chi connectivity index (χ2n) is 7.43. The molecule has 0 aliphatic carbocycles. The Morgan fingerprint density at radius 2 is 1.69 bits per heavy atom. The van der Waals surface area contributed by atoms with Gasteiger partial charge in [-0.05, 0) is 32.0 Å². The van der Waals surface area contributed by atoms with Gasteiger partial charge in [-0.25, -0.2) is 0 Å². The van der Waals surface area contributed by atoms with Crippen LogP contribution in [0.3, 0.4) is 0 Å². The number of Topliss-reactive ketones (excluding diaryl/α,β-unsaturated/α-hetero) is 1. The predicted molar refractivity (Wildman–Crippen MR) is 103 cm³/mol. The fourth-order valence-corrected chi connectivity index (χ4v) is 3.83. The first-order valence-corrected chi connectivity index (χ1v) is 9.45. The molecule has 138 valence electrons. The second kappa shape index (κ2) is 8.47. The third-order valence-corrected chi connectivity index (χ3v) is 5.33. The Labute approximate surface area is 156 Å². The maximum atomic E-state index is 11.7. The lowest BCUT2D eigenvalue weighted by atomic mass is 10.1. The Kier molecular flexibility index (Phi) is 6.07. The van der Waals surface area contributed by atoms with E-state index in [-0.39, 0.29) is 5.78 Å². The summed E-state index contributed by atoms with van der Waals surface area (Å²) in [6.07, 6.45) is 0. The number of aryl methyl sites for hydroxylation is 1. The van der Waals surface area contributed by atoms with Gasteiger partial charge in [0.15, 0.2) is 5.78 Å². The number of carbonyl (C=O) groups excluding carboxylic acids is 1. The summed E-state index contributed by atoms with van der Waals surface area (Å²) >= 11 is 0. The first kappa shape index (κ1) is 18.6. The minimum Gasteiger partial charge on any atom is -0.496 e. The van der Waals surface area contributed by atoms with Gasteiger partial charge in [-0.2, -0.15) is 0 Å². The number of hydrogen-bond acceptors (Lipinski definition) is 2. The fraction of sp³-hybridized carbons (Fsp3) is 0.409. The molecule has 4 nitrogen and oxygen atoms in total. The van der Waals surface area contributed by atoms with E-state index in [0.717, 1.165) is 43.1 Å². The van der Waals surface area contributed by atoms with Crippen molar-refractivity contribution in [2.24, 2.45) is 0 Å². The van der Waals surface area contributed by atoms with Gasteiger partial charge in [-0.15, -0.1) is 0 Å². The number of nitrogens with one attached hydrogen (secondary N) is 2. The van der Waals surface area contributed by atoms with Crippen molar-refractivity contribution in [3.63, 3.8) is 0 Å². The van der Waals surface area contributed by atoms with E-state index in [4.69, 9.17) is 4.74 Å². The lowest BCUT2D eigenvalue weighted by Crippen LogP contribution is -3.27. The van der Waals surface area contributed by atoms with Crippen LogP contribution in [-0.4, -0.2) is 39.1 Å². The zero-order valence-corrected chi connectivity index (χ0v) is 16.1. The molecule has 0 unspecified atom stereocenters. The average Bonchev–Trinajstić information content (AvgIpc) is 2.63. The van der Waals surface area contributed by atoms with E-state index in [1.807, 2.05) is 18.2 Å². The Hall–Kier alpha value is -2.17. The minimum atomic E-state index is 0.108. The number of methoxy groups -OCH3 is 1. The first-order valence-electron chi connectivity index (χ1n) is 9.45. The van der Waals surface area contributed by atoms with E-state index in [1.165, 1.54) is 24.2 Å². The normalized spacial score (nSPS) is 20.0. The summed E-state index contributed by atoms with van der Waals surface area (Å²) < 4.78 is 5.50. The van der Waals surface area contributed by atoms with Crippen molar-refractivity contribution >= 4 is 5.78 Å². The SMILES string of the molecule is COc1ccc(C(C)=O)cc1C[NH+]1CC[NH+](Cc2cccc(C)c2)CC1. The van der Waals surface area contributed by atoms with Crippen LogP contribution >= 0.6 is 0 Å². The van der Waals surface area contributed by atoms with Gasteiger partial charge in [0.05, 0.1) is 7.11 Å². The lowest BCUT2D eigenvalue weighted by molar-refractivity contribution is -1.02. The second-order valence-corrected chi connectivity index (χ2v) is 7.43.